The van der Waals surface area contributed by atoms with E-state index in [4.69, 9.17) is 4.74 Å². The molecule has 1 amide bonds. The zero-order chi connectivity index (χ0) is 12.7. The third-order valence-corrected chi connectivity index (χ3v) is 1.97. The minimum Gasteiger partial charge on any atom is -0.493 e. The lowest BCUT2D eigenvalue weighted by atomic mass is 10.3. The summed E-state index contributed by atoms with van der Waals surface area (Å²) in [6.07, 6.45) is 1.77. The van der Waals surface area contributed by atoms with Gasteiger partial charge in [0.25, 0.3) is 0 Å². The fourth-order valence-electron chi connectivity index (χ4n) is 1.14. The van der Waals surface area contributed by atoms with E-state index in [0.29, 0.717) is 5.75 Å². The molecule has 0 aliphatic heterocycles. The van der Waals surface area contributed by atoms with Crippen molar-refractivity contribution in [1.82, 2.24) is 5.32 Å². The molecule has 1 atom stereocenters. The van der Waals surface area contributed by atoms with Crippen molar-refractivity contribution in [3.63, 3.8) is 0 Å². The average molecular weight is 238 g/mol. The van der Waals surface area contributed by atoms with Crippen molar-refractivity contribution in [2.45, 2.75) is 19.4 Å². The molecular weight excluding hydrogens is 225 g/mol. The van der Waals surface area contributed by atoms with Crippen molar-refractivity contribution in [3.05, 3.63) is 30.1 Å². The van der Waals surface area contributed by atoms with E-state index in [0.717, 1.165) is 0 Å². The monoisotopic (exact) mass is 238 g/mol. The molecule has 5 heteroatoms. The number of nitrogens with one attached hydrogen (secondary N) is 1. The Balaban J connectivity index is 2.25. The van der Waals surface area contributed by atoms with Crippen LogP contribution in [0.25, 0.3) is 0 Å². The quantitative estimate of drug-likeness (QED) is 0.810. The summed E-state index contributed by atoms with van der Waals surface area (Å²) in [6.45, 7) is 1.70. The fraction of sp³-hybridized carbons (Fsp3) is 0.333. The van der Waals surface area contributed by atoms with Gasteiger partial charge in [0.05, 0.1) is 19.1 Å². The number of rotatable bonds is 6. The third-order valence-electron chi connectivity index (χ3n) is 1.97. The Hall–Kier alpha value is -1.91. The van der Waals surface area contributed by atoms with Crippen molar-refractivity contribution < 1.29 is 18.7 Å². The highest BCUT2D eigenvalue weighted by molar-refractivity contribution is 5.79. The first-order chi connectivity index (χ1) is 8.11. The normalized spacial score (nSPS) is 11.6. The highest BCUT2D eigenvalue weighted by atomic mass is 19.1. The minimum atomic E-state index is -0.617. The van der Waals surface area contributed by atoms with Crippen molar-refractivity contribution in [3.8, 4) is 5.75 Å². The maximum absolute atomic E-state index is 12.6. The van der Waals surface area contributed by atoms with E-state index in [9.17, 15) is 14.0 Å². The van der Waals surface area contributed by atoms with Crippen LogP contribution in [0.3, 0.4) is 0 Å². The van der Waals surface area contributed by atoms with Crippen LogP contribution < -0.4 is 10.1 Å². The molecule has 0 saturated carbocycles. The molecule has 1 aromatic carbocycles. The Kier molecular flexibility index (Phi) is 5.13. The maximum atomic E-state index is 12.6. The summed E-state index contributed by atoms with van der Waals surface area (Å²) in [5.74, 6) is -0.136. The Morgan fingerprint density at radius 1 is 1.47 bits per heavy atom. The summed E-state index contributed by atoms with van der Waals surface area (Å²) >= 11 is 0. The van der Waals surface area contributed by atoms with Gasteiger partial charge in [-0.3, -0.25) is 9.59 Å². The number of amides is 1. The Labute approximate surface area is 98.8 Å². The molecule has 1 aromatic rings. The molecular formula is C12H13FNO3. The number of ether oxygens (including phenoxy) is 1. The fourth-order valence-corrected chi connectivity index (χ4v) is 1.14. The van der Waals surface area contributed by atoms with Gasteiger partial charge in [-0.2, -0.15) is 0 Å². The summed E-state index contributed by atoms with van der Waals surface area (Å²) in [5, 5.41) is 2.42. The molecule has 91 valence electrons. The first-order valence-electron chi connectivity index (χ1n) is 5.17. The molecule has 0 heterocycles. The molecule has 0 unspecified atom stereocenters. The lowest BCUT2D eigenvalue weighted by molar-refractivity contribution is -0.121. The van der Waals surface area contributed by atoms with Crippen LogP contribution in [0.1, 0.15) is 13.3 Å². The molecule has 0 aliphatic rings. The van der Waals surface area contributed by atoms with Gasteiger partial charge in [0.15, 0.2) is 0 Å². The predicted octanol–water partition coefficient (Wildman–Crippen LogP) is 1.21. The highest BCUT2D eigenvalue weighted by Gasteiger charge is 2.06. The van der Waals surface area contributed by atoms with Gasteiger partial charge in [-0.15, -0.1) is 0 Å². The number of hydrogen-bond acceptors (Lipinski definition) is 3. The smallest absolute Gasteiger partial charge is 0.224 e. The molecule has 0 aliphatic carbocycles. The standard InChI is InChI=1S/C12H13FNO3/c1-9(8-15)14-12(16)6-7-17-11-4-2-10(13)3-5-11/h2-5,9H,6-7H2,1H3,(H,14,16)/t9-/m0/s1. The van der Waals surface area contributed by atoms with Gasteiger partial charge in [-0.25, -0.2) is 4.39 Å². The van der Waals surface area contributed by atoms with Crippen molar-refractivity contribution in [2.75, 3.05) is 6.61 Å². The SMILES string of the molecule is C[C@@H]([C]=O)NC(=O)CCOc1ccc(F)cc1. The van der Waals surface area contributed by atoms with E-state index in [2.05, 4.69) is 5.32 Å². The summed E-state index contributed by atoms with van der Waals surface area (Å²) in [7, 11) is 0. The van der Waals surface area contributed by atoms with E-state index in [1.165, 1.54) is 31.2 Å². The molecule has 1 radical (unpaired) electrons. The topological polar surface area (TPSA) is 55.4 Å². The summed E-state index contributed by atoms with van der Waals surface area (Å²) in [4.78, 5) is 21.4. The van der Waals surface area contributed by atoms with Crippen molar-refractivity contribution in [2.24, 2.45) is 0 Å². The average Bonchev–Trinajstić information content (AvgIpc) is 2.31. The van der Waals surface area contributed by atoms with Gasteiger partial charge in [-0.05, 0) is 31.2 Å². The summed E-state index contributed by atoms with van der Waals surface area (Å²) in [6, 6.07) is 4.90. The number of halogens is 1. The number of benzene rings is 1. The molecule has 0 spiro atoms. The molecule has 4 nitrogen and oxygen atoms in total. The number of carbonyl (C=O) groups is 1. The maximum Gasteiger partial charge on any atom is 0.224 e. The van der Waals surface area contributed by atoms with Crippen LogP contribution in [-0.2, 0) is 9.59 Å². The van der Waals surface area contributed by atoms with Crippen LogP contribution >= 0.6 is 0 Å². The first-order valence-corrected chi connectivity index (χ1v) is 5.17. The van der Waals surface area contributed by atoms with E-state index >= 15 is 0 Å². The summed E-state index contributed by atoms with van der Waals surface area (Å²) < 4.78 is 17.8. The molecule has 0 fully saturated rings. The van der Waals surface area contributed by atoms with Gasteiger partial charge >= 0.3 is 0 Å². The second-order valence-electron chi connectivity index (χ2n) is 3.46. The molecule has 1 N–H and O–H groups in total. The Morgan fingerprint density at radius 2 is 2.12 bits per heavy atom. The van der Waals surface area contributed by atoms with Crippen LogP contribution in [0.5, 0.6) is 5.75 Å². The molecule has 1 rings (SSSR count). The van der Waals surface area contributed by atoms with E-state index < -0.39 is 6.04 Å². The van der Waals surface area contributed by atoms with Crippen LogP contribution in [0.15, 0.2) is 24.3 Å². The van der Waals surface area contributed by atoms with Crippen LogP contribution in [0.4, 0.5) is 4.39 Å². The zero-order valence-electron chi connectivity index (χ0n) is 9.40. The first kappa shape index (κ1) is 13.2. The molecule has 0 bridgehead atoms. The summed E-state index contributed by atoms with van der Waals surface area (Å²) in [5.41, 5.74) is 0. The lowest BCUT2D eigenvalue weighted by Gasteiger charge is -2.08. The second kappa shape index (κ2) is 6.62. The van der Waals surface area contributed by atoms with Crippen molar-refractivity contribution in [1.29, 1.82) is 0 Å². The Morgan fingerprint density at radius 3 is 2.71 bits per heavy atom. The minimum absolute atomic E-state index is 0.128. The third kappa shape index (κ3) is 5.10. The Bertz CT molecular complexity index is 378. The molecule has 0 aromatic heterocycles. The van der Waals surface area contributed by atoms with E-state index in [1.54, 1.807) is 6.29 Å². The van der Waals surface area contributed by atoms with Crippen LogP contribution in [0, 0.1) is 5.82 Å². The second-order valence-corrected chi connectivity index (χ2v) is 3.46. The van der Waals surface area contributed by atoms with Crippen LogP contribution in [-0.4, -0.2) is 24.8 Å². The largest absolute Gasteiger partial charge is 0.493 e. The predicted molar refractivity (Wildman–Crippen MR) is 59.8 cm³/mol. The van der Waals surface area contributed by atoms with Gasteiger partial charge < -0.3 is 10.1 Å². The highest BCUT2D eigenvalue weighted by Crippen LogP contribution is 2.10. The number of hydrogen-bond donors (Lipinski definition) is 1. The van der Waals surface area contributed by atoms with Gasteiger partial charge in [0.1, 0.15) is 11.6 Å². The zero-order valence-corrected chi connectivity index (χ0v) is 9.40. The van der Waals surface area contributed by atoms with Crippen LogP contribution in [0.2, 0.25) is 0 Å². The van der Waals surface area contributed by atoms with Crippen molar-refractivity contribution >= 4 is 12.2 Å². The molecule has 0 saturated heterocycles. The van der Waals surface area contributed by atoms with Gasteiger partial charge in [0.2, 0.25) is 12.2 Å². The number of carbonyl (C=O) groups excluding carboxylic acids is 2. The van der Waals surface area contributed by atoms with Gasteiger partial charge in [0, 0.05) is 0 Å². The molecule has 17 heavy (non-hydrogen) atoms. The lowest BCUT2D eigenvalue weighted by Crippen LogP contribution is -2.34. The van der Waals surface area contributed by atoms with E-state index in [-0.39, 0.29) is 24.8 Å². The van der Waals surface area contributed by atoms with E-state index in [1.807, 2.05) is 0 Å². The van der Waals surface area contributed by atoms with Gasteiger partial charge in [-0.1, -0.05) is 0 Å².